The summed E-state index contributed by atoms with van der Waals surface area (Å²) < 4.78 is 82.4. The molecule has 4 unspecified atom stereocenters. The molecule has 2 saturated heterocycles. The van der Waals surface area contributed by atoms with Gasteiger partial charge in [-0.25, -0.2) is 32.4 Å². The minimum absolute atomic E-state index is 0.0174. The van der Waals surface area contributed by atoms with Gasteiger partial charge in [0, 0.05) is 25.1 Å². The number of phosphoric ester groups is 1. The molecule has 3 fully saturated rings. The van der Waals surface area contributed by atoms with Gasteiger partial charge in [-0.3, -0.25) is 18.9 Å². The highest BCUT2D eigenvalue weighted by Gasteiger charge is 2.72. The van der Waals surface area contributed by atoms with Crippen LogP contribution in [0.15, 0.2) is 21.9 Å². The molecule has 1 spiro atoms. The number of alkyl halides is 1. The van der Waals surface area contributed by atoms with Gasteiger partial charge in [0.2, 0.25) is 13.6 Å². The third kappa shape index (κ3) is 7.11. The lowest BCUT2D eigenvalue weighted by Crippen LogP contribution is -2.51. The Morgan fingerprint density at radius 3 is 2.16 bits per heavy atom. The van der Waals surface area contributed by atoms with E-state index < -0.39 is 87.6 Å². The molecule has 43 heavy (non-hydrogen) atoms. The molecule has 242 valence electrons. The van der Waals surface area contributed by atoms with E-state index in [4.69, 9.17) is 27.8 Å². The number of fused-ring (bicyclic) bond motifs is 1. The average molecular weight is 641 g/mol. The van der Waals surface area contributed by atoms with Crippen LogP contribution in [0.2, 0.25) is 0 Å². The molecule has 0 bridgehead atoms. The molecule has 1 aliphatic carbocycles. The van der Waals surface area contributed by atoms with Gasteiger partial charge in [-0.1, -0.05) is 0 Å². The predicted octanol–water partition coefficient (Wildman–Crippen LogP) is 2.64. The fraction of sp³-hybridized carbons (Fsp3) is 0.750. The van der Waals surface area contributed by atoms with Crippen LogP contribution in [-0.4, -0.2) is 85.0 Å². The zero-order valence-electron chi connectivity index (χ0n) is 23.8. The molecule has 1 N–H and O–H groups in total. The van der Waals surface area contributed by atoms with Crippen molar-refractivity contribution in [3.63, 3.8) is 0 Å². The maximum Gasteiger partial charge on any atom is 0.510 e. The van der Waals surface area contributed by atoms with Gasteiger partial charge in [0.25, 0.3) is 5.56 Å². The quantitative estimate of drug-likeness (QED) is 0.187. The number of aromatic amines is 1. The monoisotopic (exact) mass is 640 g/mol. The Balaban J connectivity index is 1.60. The second-order valence-corrected chi connectivity index (χ2v) is 11.6. The lowest BCUT2D eigenvalue weighted by molar-refractivity contribution is -0.253. The second-order valence-electron chi connectivity index (χ2n) is 9.96. The van der Waals surface area contributed by atoms with Crippen molar-refractivity contribution in [3.05, 3.63) is 33.1 Å². The summed E-state index contributed by atoms with van der Waals surface area (Å²) in [6.07, 6.45) is -1.20. The van der Waals surface area contributed by atoms with Crippen molar-refractivity contribution < 1.29 is 65.3 Å². The van der Waals surface area contributed by atoms with E-state index in [0.29, 0.717) is 12.8 Å². The maximum absolute atomic E-state index is 15.1. The number of carbonyl (C=O) groups excluding carboxylic acids is 2. The highest BCUT2D eigenvalue weighted by molar-refractivity contribution is 7.48. The Kier molecular flexibility index (Phi) is 10.3. The first-order valence-electron chi connectivity index (χ1n) is 13.5. The molecule has 0 radical (unpaired) electrons. The molecule has 3 heterocycles. The predicted molar refractivity (Wildman–Crippen MR) is 137 cm³/mol. The summed E-state index contributed by atoms with van der Waals surface area (Å²) >= 11 is 0. The van der Waals surface area contributed by atoms with Crippen LogP contribution in [-0.2, 0) is 51.3 Å². The van der Waals surface area contributed by atoms with Gasteiger partial charge in [0.1, 0.15) is 18.4 Å². The number of rotatable bonds is 13. The topological polar surface area (TPSA) is 198 Å². The van der Waals surface area contributed by atoms with Gasteiger partial charge in [-0.15, -0.1) is 0 Å². The number of ether oxygens (including phenoxy) is 7. The van der Waals surface area contributed by atoms with E-state index in [1.165, 1.54) is 20.0 Å². The molecule has 0 amide bonds. The summed E-state index contributed by atoms with van der Waals surface area (Å²) in [5.74, 6) is -1.11. The molecule has 3 aliphatic rings. The van der Waals surface area contributed by atoms with E-state index in [2.05, 4.69) is 23.9 Å². The number of hydrogen-bond donors (Lipinski definition) is 1. The van der Waals surface area contributed by atoms with Crippen LogP contribution in [0.3, 0.4) is 0 Å². The second kappa shape index (κ2) is 13.4. The van der Waals surface area contributed by atoms with E-state index in [-0.39, 0.29) is 13.2 Å². The van der Waals surface area contributed by atoms with E-state index >= 15 is 4.39 Å². The molecule has 1 aromatic heterocycles. The summed E-state index contributed by atoms with van der Waals surface area (Å²) in [4.78, 5) is 49.7. The molecule has 0 aromatic carbocycles. The average Bonchev–Trinajstić information content (AvgIpc) is 3.59. The molecule has 1 aromatic rings. The van der Waals surface area contributed by atoms with Crippen LogP contribution in [0.1, 0.15) is 52.7 Å². The molecular formula is C24H34FN2O15P. The van der Waals surface area contributed by atoms with E-state index in [1.54, 1.807) is 6.92 Å². The van der Waals surface area contributed by atoms with E-state index in [0.717, 1.165) is 23.5 Å². The lowest BCUT2D eigenvalue weighted by atomic mass is 9.88. The molecule has 1 saturated carbocycles. The molecule has 17 nitrogen and oxygen atoms in total. The van der Waals surface area contributed by atoms with Gasteiger partial charge in [0.15, 0.2) is 17.6 Å². The Labute approximate surface area is 244 Å². The van der Waals surface area contributed by atoms with Gasteiger partial charge < -0.3 is 33.2 Å². The normalized spacial score (nSPS) is 27.6. The third-order valence-electron chi connectivity index (χ3n) is 7.04. The minimum Gasteiger partial charge on any atom is -0.435 e. The summed E-state index contributed by atoms with van der Waals surface area (Å²) in [6.45, 7) is 0.446. The summed E-state index contributed by atoms with van der Waals surface area (Å²) in [5.41, 5.74) is -5.07. The van der Waals surface area contributed by atoms with Crippen molar-refractivity contribution >= 4 is 20.1 Å². The van der Waals surface area contributed by atoms with Crippen molar-refractivity contribution in [3.8, 4) is 0 Å². The third-order valence-corrected chi connectivity index (χ3v) is 8.32. The molecular weight excluding hydrogens is 606 g/mol. The van der Waals surface area contributed by atoms with Crippen LogP contribution < -0.4 is 11.2 Å². The summed E-state index contributed by atoms with van der Waals surface area (Å²) in [6, 6.07) is 1.08. The molecule has 2 aliphatic heterocycles. The Bertz CT molecular complexity index is 1290. The number of carbonyl (C=O) groups is 2. The Morgan fingerprint density at radius 1 is 1.02 bits per heavy atom. The number of nitrogens with zero attached hydrogens (tertiary/aromatic N) is 1. The standard InChI is InChI=1S/C24H34FN2O15P/c1-4-33-20(30)35-14-38-43(32,39-15-36-21(31)34-5-2)37-13-23(12-25)17-22(3,42-24(40-17)9-6-7-10-24)18(41-23)27-11-8-16(28)26-19(27)29/h8,11,17-18H,4-7,9-10,12-15H2,1-3H3,(H,26,28,29). The van der Waals surface area contributed by atoms with Gasteiger partial charge in [-0.05, 0) is 33.6 Å². The van der Waals surface area contributed by atoms with Crippen molar-refractivity contribution in [2.45, 2.75) is 75.8 Å². The van der Waals surface area contributed by atoms with E-state index in [1.807, 2.05) is 0 Å². The number of hydrogen-bond acceptors (Lipinski definition) is 15. The smallest absolute Gasteiger partial charge is 0.435 e. The van der Waals surface area contributed by atoms with Crippen LogP contribution in [0.5, 0.6) is 0 Å². The van der Waals surface area contributed by atoms with Crippen LogP contribution in [0.4, 0.5) is 14.0 Å². The van der Waals surface area contributed by atoms with Crippen molar-refractivity contribution in [1.82, 2.24) is 9.55 Å². The fourth-order valence-corrected chi connectivity index (χ4v) is 6.21. The minimum atomic E-state index is -4.80. The maximum atomic E-state index is 15.1. The first kappa shape index (κ1) is 33.0. The van der Waals surface area contributed by atoms with Crippen molar-refractivity contribution in [1.29, 1.82) is 0 Å². The van der Waals surface area contributed by atoms with E-state index in [9.17, 15) is 23.7 Å². The highest BCUT2D eigenvalue weighted by atomic mass is 31.2. The molecule has 4 atom stereocenters. The van der Waals surface area contributed by atoms with Crippen LogP contribution >= 0.6 is 7.82 Å². The first-order valence-corrected chi connectivity index (χ1v) is 15.0. The zero-order valence-corrected chi connectivity index (χ0v) is 24.7. The summed E-state index contributed by atoms with van der Waals surface area (Å²) in [5, 5.41) is 0. The number of aromatic nitrogens is 2. The van der Waals surface area contributed by atoms with Gasteiger partial charge in [0.05, 0.1) is 19.8 Å². The fourth-order valence-electron chi connectivity index (χ4n) is 5.25. The lowest BCUT2D eigenvalue weighted by Gasteiger charge is -2.34. The Morgan fingerprint density at radius 2 is 1.63 bits per heavy atom. The highest BCUT2D eigenvalue weighted by Crippen LogP contribution is 2.60. The molecule has 19 heteroatoms. The van der Waals surface area contributed by atoms with Gasteiger partial charge in [-0.2, -0.15) is 0 Å². The number of phosphoric acid groups is 1. The van der Waals surface area contributed by atoms with Gasteiger partial charge >= 0.3 is 25.8 Å². The van der Waals surface area contributed by atoms with Crippen molar-refractivity contribution in [2.24, 2.45) is 0 Å². The van der Waals surface area contributed by atoms with Crippen LogP contribution in [0, 0.1) is 0 Å². The first-order chi connectivity index (χ1) is 20.4. The van der Waals surface area contributed by atoms with Crippen molar-refractivity contribution in [2.75, 3.05) is 40.1 Å². The zero-order chi connectivity index (χ0) is 31.3. The summed E-state index contributed by atoms with van der Waals surface area (Å²) in [7, 11) is -4.80. The molecule has 4 rings (SSSR count). The number of H-pyrrole nitrogens is 1. The number of halogens is 1. The Hall–Kier alpha value is -2.86. The SMILES string of the molecule is CCOC(=O)OCOP(=O)(OCOC(=O)OCC)OCC1(CF)OC(n2ccc(=O)[nH]c2=O)C2(C)OC3(CCCC3)OC12. The largest absolute Gasteiger partial charge is 0.510 e. The number of nitrogens with one attached hydrogen (secondary N) is 1. The van der Waals surface area contributed by atoms with Crippen LogP contribution in [0.25, 0.3) is 0 Å².